The molecule has 0 fully saturated rings. The molecule has 1 N–H and O–H groups in total. The average molecular weight is 590 g/mol. The minimum atomic E-state index is -0.371. The zero-order valence-corrected chi connectivity index (χ0v) is 23.4. The lowest BCUT2D eigenvalue weighted by molar-refractivity contribution is 0.102. The molecule has 0 saturated heterocycles. The van der Waals surface area contributed by atoms with Crippen LogP contribution in [0.5, 0.6) is 11.5 Å². The van der Waals surface area contributed by atoms with E-state index in [-0.39, 0.29) is 17.0 Å². The standard InChI is InChI=1S/C29H24BrN3O4S/c1-4-25-26(17-5-7-19(30)8-6-17)32-29(38-25)33-27(34)23-16-18-15-22(36-3)13-14-24(18)37-28(23)31-20-9-11-21(35-2)12-10-20/h5-16H,4H2,1-3H3,(H,32,33,34). The van der Waals surface area contributed by atoms with Crippen molar-refractivity contribution in [3.8, 4) is 22.8 Å². The number of carbonyl (C=O) groups is 1. The van der Waals surface area contributed by atoms with E-state index in [2.05, 4.69) is 33.2 Å². The topological polar surface area (TPSA) is 86.0 Å². The van der Waals surface area contributed by atoms with Gasteiger partial charge in [-0.05, 0) is 67.1 Å². The highest BCUT2D eigenvalue weighted by Crippen LogP contribution is 2.32. The van der Waals surface area contributed by atoms with E-state index in [1.54, 1.807) is 56.7 Å². The van der Waals surface area contributed by atoms with E-state index < -0.39 is 0 Å². The summed E-state index contributed by atoms with van der Waals surface area (Å²) in [5, 5.41) is 4.18. The molecule has 38 heavy (non-hydrogen) atoms. The molecular weight excluding hydrogens is 566 g/mol. The minimum Gasteiger partial charge on any atom is -0.497 e. The van der Waals surface area contributed by atoms with Gasteiger partial charge in [0.1, 0.15) is 22.6 Å². The van der Waals surface area contributed by atoms with Gasteiger partial charge >= 0.3 is 0 Å². The fourth-order valence-corrected chi connectivity index (χ4v) is 5.08. The van der Waals surface area contributed by atoms with Gasteiger partial charge in [-0.3, -0.25) is 10.1 Å². The number of anilines is 1. The Balaban J connectivity index is 1.56. The number of hydrogen-bond acceptors (Lipinski definition) is 7. The number of halogens is 1. The van der Waals surface area contributed by atoms with E-state index in [9.17, 15) is 4.79 Å². The van der Waals surface area contributed by atoms with E-state index in [1.807, 2.05) is 30.3 Å². The van der Waals surface area contributed by atoms with Crippen molar-refractivity contribution in [1.82, 2.24) is 4.98 Å². The molecule has 192 valence electrons. The van der Waals surface area contributed by atoms with E-state index in [4.69, 9.17) is 18.9 Å². The molecule has 3 aromatic carbocycles. The van der Waals surface area contributed by atoms with Gasteiger partial charge in [0.05, 0.1) is 25.6 Å². The first-order chi connectivity index (χ1) is 18.5. The molecule has 5 aromatic rings. The van der Waals surface area contributed by atoms with Crippen molar-refractivity contribution in [2.45, 2.75) is 13.3 Å². The molecule has 7 nitrogen and oxygen atoms in total. The summed E-state index contributed by atoms with van der Waals surface area (Å²) < 4.78 is 17.7. The molecular formula is C29H24BrN3O4S. The third-order valence-corrected chi connectivity index (χ3v) is 7.50. The van der Waals surface area contributed by atoms with Crippen LogP contribution in [0.3, 0.4) is 0 Å². The SMILES string of the molecule is CCc1sc(NC(=O)c2cc3cc(OC)ccc3oc2=Nc2ccc(OC)cc2)nc1-c1ccc(Br)cc1. The fourth-order valence-electron chi connectivity index (χ4n) is 3.90. The van der Waals surface area contributed by atoms with Gasteiger partial charge in [-0.25, -0.2) is 9.98 Å². The Labute approximate surface area is 231 Å². The fraction of sp³-hybridized carbons (Fsp3) is 0.138. The summed E-state index contributed by atoms with van der Waals surface area (Å²) in [6.45, 7) is 2.07. The number of amides is 1. The number of ether oxygens (including phenoxy) is 2. The second-order valence-corrected chi connectivity index (χ2v) is 10.3. The molecule has 0 atom stereocenters. The van der Waals surface area contributed by atoms with Crippen LogP contribution in [0.25, 0.3) is 22.2 Å². The van der Waals surface area contributed by atoms with Crippen LogP contribution in [0.2, 0.25) is 0 Å². The smallest absolute Gasteiger partial charge is 0.262 e. The molecule has 2 aromatic heterocycles. The van der Waals surface area contributed by atoms with Crippen molar-refractivity contribution in [3.05, 3.63) is 93.3 Å². The molecule has 0 aliphatic heterocycles. The number of rotatable bonds is 7. The van der Waals surface area contributed by atoms with Crippen LogP contribution >= 0.6 is 27.3 Å². The van der Waals surface area contributed by atoms with Crippen LogP contribution in [-0.2, 0) is 6.42 Å². The van der Waals surface area contributed by atoms with Crippen LogP contribution in [0.15, 0.2) is 86.7 Å². The third-order valence-electron chi connectivity index (χ3n) is 5.86. The first-order valence-electron chi connectivity index (χ1n) is 11.8. The lowest BCUT2D eigenvalue weighted by Crippen LogP contribution is -2.21. The van der Waals surface area contributed by atoms with Gasteiger partial charge in [0.2, 0.25) is 5.55 Å². The van der Waals surface area contributed by atoms with E-state index in [0.29, 0.717) is 33.3 Å². The molecule has 1 amide bonds. The first-order valence-corrected chi connectivity index (χ1v) is 13.5. The number of thiazole rings is 1. The summed E-state index contributed by atoms with van der Waals surface area (Å²) in [6, 6.07) is 22.3. The van der Waals surface area contributed by atoms with Gasteiger partial charge < -0.3 is 13.9 Å². The predicted octanol–water partition coefficient (Wildman–Crippen LogP) is 7.38. The number of nitrogens with one attached hydrogen (secondary N) is 1. The Morgan fingerprint density at radius 2 is 1.71 bits per heavy atom. The lowest BCUT2D eigenvalue weighted by atomic mass is 10.1. The maximum atomic E-state index is 13.6. The summed E-state index contributed by atoms with van der Waals surface area (Å²) >= 11 is 4.93. The zero-order valence-electron chi connectivity index (χ0n) is 20.9. The molecule has 0 unspecified atom stereocenters. The second-order valence-electron chi connectivity index (χ2n) is 8.28. The van der Waals surface area contributed by atoms with Gasteiger partial charge in [-0.1, -0.05) is 35.0 Å². The Morgan fingerprint density at radius 3 is 2.39 bits per heavy atom. The van der Waals surface area contributed by atoms with Gasteiger partial charge in [0.15, 0.2) is 5.13 Å². The number of nitrogens with zero attached hydrogens (tertiary/aromatic N) is 2. The number of aryl methyl sites for hydroxylation is 1. The largest absolute Gasteiger partial charge is 0.497 e. The van der Waals surface area contributed by atoms with Crippen LogP contribution in [0.1, 0.15) is 22.2 Å². The molecule has 0 aliphatic carbocycles. The normalized spacial score (nSPS) is 11.5. The molecule has 0 radical (unpaired) electrons. The molecule has 0 aliphatic rings. The quantitative estimate of drug-likeness (QED) is 0.214. The molecule has 0 spiro atoms. The van der Waals surface area contributed by atoms with Crippen molar-refractivity contribution in [2.75, 3.05) is 19.5 Å². The summed E-state index contributed by atoms with van der Waals surface area (Å²) in [4.78, 5) is 24.0. The van der Waals surface area contributed by atoms with Gasteiger partial charge in [0.25, 0.3) is 5.91 Å². The molecule has 5 rings (SSSR count). The number of aromatic nitrogens is 1. The summed E-state index contributed by atoms with van der Waals surface area (Å²) in [5.41, 5.74) is 3.51. The maximum absolute atomic E-state index is 13.6. The molecule has 2 heterocycles. The number of fused-ring (bicyclic) bond motifs is 1. The number of hydrogen-bond donors (Lipinski definition) is 1. The average Bonchev–Trinajstić information content (AvgIpc) is 3.35. The molecule has 0 bridgehead atoms. The van der Waals surface area contributed by atoms with Crippen LogP contribution in [0, 0.1) is 0 Å². The summed E-state index contributed by atoms with van der Waals surface area (Å²) in [6.07, 6.45) is 0.794. The van der Waals surface area contributed by atoms with Gasteiger partial charge in [-0.2, -0.15) is 0 Å². The van der Waals surface area contributed by atoms with Crippen LogP contribution in [0.4, 0.5) is 10.8 Å². The Morgan fingerprint density at radius 1 is 1.00 bits per heavy atom. The summed E-state index contributed by atoms with van der Waals surface area (Å²) in [5.74, 6) is 0.997. The molecule has 0 saturated carbocycles. The van der Waals surface area contributed by atoms with Crippen molar-refractivity contribution in [3.63, 3.8) is 0 Å². The van der Waals surface area contributed by atoms with Gasteiger partial charge in [0, 0.05) is 20.3 Å². The zero-order chi connectivity index (χ0) is 26.6. The highest BCUT2D eigenvalue weighted by molar-refractivity contribution is 9.10. The maximum Gasteiger partial charge on any atom is 0.262 e. The number of benzene rings is 3. The number of methoxy groups -OCH3 is 2. The first kappa shape index (κ1) is 25.7. The van der Waals surface area contributed by atoms with Gasteiger partial charge in [-0.15, -0.1) is 11.3 Å². The molecule has 9 heteroatoms. The Kier molecular flexibility index (Phi) is 7.57. The van der Waals surface area contributed by atoms with E-state index >= 15 is 0 Å². The minimum absolute atomic E-state index is 0.186. The monoisotopic (exact) mass is 589 g/mol. The highest BCUT2D eigenvalue weighted by atomic mass is 79.9. The summed E-state index contributed by atoms with van der Waals surface area (Å²) in [7, 11) is 3.20. The Bertz CT molecular complexity index is 1680. The highest BCUT2D eigenvalue weighted by Gasteiger charge is 2.18. The second kappa shape index (κ2) is 11.2. The lowest BCUT2D eigenvalue weighted by Gasteiger charge is -2.07. The van der Waals surface area contributed by atoms with Crippen LogP contribution in [-0.4, -0.2) is 25.1 Å². The van der Waals surface area contributed by atoms with Crippen molar-refractivity contribution >= 4 is 55.0 Å². The Hall–Kier alpha value is -3.95. The van der Waals surface area contributed by atoms with Crippen molar-refractivity contribution in [2.24, 2.45) is 4.99 Å². The number of carbonyl (C=O) groups excluding carboxylic acids is 1. The van der Waals surface area contributed by atoms with Crippen molar-refractivity contribution in [1.29, 1.82) is 0 Å². The van der Waals surface area contributed by atoms with Crippen molar-refractivity contribution < 1.29 is 18.7 Å². The third kappa shape index (κ3) is 5.49. The predicted molar refractivity (Wildman–Crippen MR) is 154 cm³/mol. The van der Waals surface area contributed by atoms with Crippen LogP contribution < -0.4 is 20.3 Å². The van der Waals surface area contributed by atoms with E-state index in [0.717, 1.165) is 27.0 Å². The van der Waals surface area contributed by atoms with E-state index in [1.165, 1.54) is 11.3 Å².